The van der Waals surface area contributed by atoms with Gasteiger partial charge < -0.3 is 14.8 Å². The van der Waals surface area contributed by atoms with Gasteiger partial charge in [-0.05, 0) is 84.6 Å². The second-order valence-corrected chi connectivity index (χ2v) is 10.5. The third kappa shape index (κ3) is 6.51. The molecule has 0 saturated heterocycles. The maximum absolute atomic E-state index is 12.6. The Bertz CT molecular complexity index is 1260. The molecule has 3 aromatic rings. The molecule has 7 nitrogen and oxygen atoms in total. The summed E-state index contributed by atoms with van der Waals surface area (Å²) in [5, 5.41) is 2.73. The van der Waals surface area contributed by atoms with Crippen LogP contribution in [0.4, 0.5) is 11.4 Å². The molecule has 0 aromatic heterocycles. The van der Waals surface area contributed by atoms with Gasteiger partial charge in [-0.15, -0.1) is 0 Å². The van der Waals surface area contributed by atoms with Gasteiger partial charge in [0.1, 0.15) is 11.5 Å². The third-order valence-corrected chi connectivity index (χ3v) is 7.31. The molecule has 0 spiro atoms. The van der Waals surface area contributed by atoms with E-state index in [2.05, 4.69) is 39.8 Å². The van der Waals surface area contributed by atoms with Crippen molar-refractivity contribution in [1.29, 1.82) is 0 Å². The van der Waals surface area contributed by atoms with Gasteiger partial charge in [0.2, 0.25) is 0 Å². The summed E-state index contributed by atoms with van der Waals surface area (Å²) in [7, 11) is -2.24. The molecule has 3 rings (SSSR count). The highest BCUT2D eigenvalue weighted by Crippen LogP contribution is 2.32. The lowest BCUT2D eigenvalue weighted by Gasteiger charge is -2.16. The lowest BCUT2D eigenvalue weighted by atomic mass is 10.0. The van der Waals surface area contributed by atoms with Crippen molar-refractivity contribution in [3.05, 3.63) is 76.3 Å². The fourth-order valence-corrected chi connectivity index (χ4v) is 4.60. The molecule has 180 valence electrons. The number of hydrogen-bond donors (Lipinski definition) is 2. The number of nitrogens with one attached hydrogen (secondary N) is 2. The van der Waals surface area contributed by atoms with Crippen molar-refractivity contribution >= 4 is 43.2 Å². The molecule has 0 radical (unpaired) electrons. The van der Waals surface area contributed by atoms with E-state index in [-0.39, 0.29) is 23.3 Å². The Balaban J connectivity index is 1.62. The van der Waals surface area contributed by atoms with Crippen LogP contribution in [0.5, 0.6) is 11.5 Å². The Morgan fingerprint density at radius 1 is 1.00 bits per heavy atom. The fourth-order valence-electron chi connectivity index (χ4n) is 3.18. The van der Waals surface area contributed by atoms with Crippen molar-refractivity contribution in [3.8, 4) is 11.5 Å². The molecule has 1 amide bonds. The minimum absolute atomic E-state index is 0.0736. The monoisotopic (exact) mass is 546 g/mol. The van der Waals surface area contributed by atoms with Gasteiger partial charge in [0.15, 0.2) is 6.61 Å². The topological polar surface area (TPSA) is 93.7 Å². The first-order chi connectivity index (χ1) is 16.1. The van der Waals surface area contributed by atoms with Crippen molar-refractivity contribution in [1.82, 2.24) is 0 Å². The van der Waals surface area contributed by atoms with Crippen molar-refractivity contribution in [2.24, 2.45) is 0 Å². The van der Waals surface area contributed by atoms with Crippen LogP contribution in [0, 0.1) is 6.92 Å². The van der Waals surface area contributed by atoms with Gasteiger partial charge in [-0.1, -0.05) is 29.8 Å². The summed E-state index contributed by atoms with van der Waals surface area (Å²) in [6, 6.07) is 16.4. The molecule has 0 unspecified atom stereocenters. The van der Waals surface area contributed by atoms with Crippen molar-refractivity contribution in [2.45, 2.75) is 31.6 Å². The van der Waals surface area contributed by atoms with E-state index in [9.17, 15) is 13.2 Å². The molecule has 0 saturated carbocycles. The van der Waals surface area contributed by atoms with E-state index in [0.29, 0.717) is 22.9 Å². The zero-order valence-corrected chi connectivity index (χ0v) is 21.8. The maximum atomic E-state index is 12.6. The molecule has 3 aromatic carbocycles. The summed E-state index contributed by atoms with van der Waals surface area (Å²) in [5.41, 5.74) is 2.90. The van der Waals surface area contributed by atoms with E-state index in [0.717, 1.165) is 15.6 Å². The smallest absolute Gasteiger partial charge is 0.262 e. The number of sulfonamides is 1. The number of amides is 1. The average molecular weight is 547 g/mol. The number of anilines is 2. The van der Waals surface area contributed by atoms with Gasteiger partial charge in [0.25, 0.3) is 15.9 Å². The van der Waals surface area contributed by atoms with E-state index in [1.54, 1.807) is 24.3 Å². The number of benzene rings is 3. The molecule has 0 aliphatic heterocycles. The highest BCUT2D eigenvalue weighted by Gasteiger charge is 2.15. The molecule has 0 aliphatic rings. The van der Waals surface area contributed by atoms with Crippen molar-refractivity contribution in [3.63, 3.8) is 0 Å². The lowest BCUT2D eigenvalue weighted by molar-refractivity contribution is -0.118. The molecule has 0 heterocycles. The maximum Gasteiger partial charge on any atom is 0.262 e. The Kier molecular flexibility index (Phi) is 8.22. The van der Waals surface area contributed by atoms with E-state index >= 15 is 0 Å². The minimum atomic E-state index is -3.78. The zero-order chi connectivity index (χ0) is 24.9. The van der Waals surface area contributed by atoms with Crippen LogP contribution in [0.2, 0.25) is 0 Å². The number of carbonyl (C=O) groups excluding carboxylic acids is 1. The summed E-state index contributed by atoms with van der Waals surface area (Å²) in [5.74, 6) is 1.18. The normalized spacial score (nSPS) is 11.2. The average Bonchev–Trinajstić information content (AvgIpc) is 2.80. The molecule has 0 aliphatic carbocycles. The number of rotatable bonds is 9. The summed E-state index contributed by atoms with van der Waals surface area (Å²) < 4.78 is 39.6. The molecular weight excluding hydrogens is 520 g/mol. The largest absolute Gasteiger partial charge is 0.497 e. The van der Waals surface area contributed by atoms with Crippen molar-refractivity contribution < 1.29 is 22.7 Å². The number of ether oxygens (including phenoxy) is 2. The fraction of sp³-hybridized carbons (Fsp3) is 0.240. The molecule has 0 bridgehead atoms. The first-order valence-electron chi connectivity index (χ1n) is 10.6. The SMILES string of the molecule is COc1ccc(NS(=O)(=O)c2ccc(NC(=O)COc3cc(C)c(Br)cc3C(C)C)cc2)cc1. The first kappa shape index (κ1) is 25.6. The second-order valence-electron chi connectivity index (χ2n) is 7.99. The van der Waals surface area contributed by atoms with Crippen LogP contribution in [-0.2, 0) is 14.8 Å². The Morgan fingerprint density at radius 2 is 1.62 bits per heavy atom. The predicted molar refractivity (Wildman–Crippen MR) is 137 cm³/mol. The molecule has 0 atom stereocenters. The van der Waals surface area contributed by atoms with E-state index in [1.165, 1.54) is 31.4 Å². The quantitative estimate of drug-likeness (QED) is 0.358. The van der Waals surface area contributed by atoms with Crippen LogP contribution in [0.15, 0.2) is 70.0 Å². The number of methoxy groups -OCH3 is 1. The molecular formula is C25H27BrN2O5S. The summed E-state index contributed by atoms with van der Waals surface area (Å²) >= 11 is 3.53. The Morgan fingerprint density at radius 3 is 2.21 bits per heavy atom. The van der Waals surface area contributed by atoms with E-state index < -0.39 is 10.0 Å². The summed E-state index contributed by atoms with van der Waals surface area (Å²) in [6.07, 6.45) is 0. The second kappa shape index (κ2) is 10.9. The number of halogens is 1. The Labute approximate surface area is 208 Å². The van der Waals surface area contributed by atoms with Crippen LogP contribution < -0.4 is 19.5 Å². The Hall–Kier alpha value is -3.04. The van der Waals surface area contributed by atoms with E-state index in [1.807, 2.05) is 19.1 Å². The van der Waals surface area contributed by atoms with Gasteiger partial charge >= 0.3 is 0 Å². The van der Waals surface area contributed by atoms with Gasteiger partial charge in [0, 0.05) is 15.8 Å². The molecule has 2 N–H and O–H groups in total. The zero-order valence-electron chi connectivity index (χ0n) is 19.4. The van der Waals surface area contributed by atoms with Crippen LogP contribution in [-0.4, -0.2) is 28.0 Å². The van der Waals surface area contributed by atoms with Gasteiger partial charge in [-0.2, -0.15) is 0 Å². The minimum Gasteiger partial charge on any atom is -0.497 e. The molecule has 34 heavy (non-hydrogen) atoms. The van der Waals surface area contributed by atoms with Gasteiger partial charge in [0.05, 0.1) is 12.0 Å². The number of carbonyl (C=O) groups is 1. The van der Waals surface area contributed by atoms with Crippen LogP contribution in [0.3, 0.4) is 0 Å². The first-order valence-corrected chi connectivity index (χ1v) is 12.9. The molecule has 0 fully saturated rings. The highest BCUT2D eigenvalue weighted by atomic mass is 79.9. The predicted octanol–water partition coefficient (Wildman–Crippen LogP) is 5.71. The van der Waals surface area contributed by atoms with Crippen LogP contribution >= 0.6 is 15.9 Å². The third-order valence-electron chi connectivity index (χ3n) is 5.06. The number of hydrogen-bond acceptors (Lipinski definition) is 5. The van der Waals surface area contributed by atoms with E-state index in [4.69, 9.17) is 9.47 Å². The summed E-state index contributed by atoms with van der Waals surface area (Å²) in [4.78, 5) is 12.5. The van der Waals surface area contributed by atoms with Gasteiger partial charge in [-0.3, -0.25) is 9.52 Å². The molecule has 9 heteroatoms. The van der Waals surface area contributed by atoms with Crippen LogP contribution in [0.1, 0.15) is 30.9 Å². The van der Waals surface area contributed by atoms with Gasteiger partial charge in [-0.25, -0.2) is 8.42 Å². The standard InChI is InChI=1S/C25H27BrN2O5S/c1-16(2)22-14-23(26)17(3)13-24(22)33-15-25(29)27-18-7-11-21(12-8-18)34(30,31)28-19-5-9-20(32-4)10-6-19/h5-14,16,28H,15H2,1-4H3,(H,27,29). The number of aryl methyl sites for hydroxylation is 1. The highest BCUT2D eigenvalue weighted by molar-refractivity contribution is 9.10. The van der Waals surface area contributed by atoms with Crippen LogP contribution in [0.25, 0.3) is 0 Å². The van der Waals surface area contributed by atoms with Crippen molar-refractivity contribution in [2.75, 3.05) is 23.8 Å². The lowest BCUT2D eigenvalue weighted by Crippen LogP contribution is -2.21. The summed E-state index contributed by atoms with van der Waals surface area (Å²) in [6.45, 7) is 5.91.